The van der Waals surface area contributed by atoms with E-state index in [1.165, 1.54) is 6.92 Å². The second-order valence-corrected chi connectivity index (χ2v) is 3.26. The molecule has 3 N–H and O–H groups in total. The van der Waals surface area contributed by atoms with Crippen LogP contribution < -0.4 is 5.32 Å². The number of carboxylic acids is 2. The highest BCUT2D eigenvalue weighted by atomic mass is 16.5. The molecule has 0 aromatic carbocycles. The Labute approximate surface area is 95.2 Å². The molecule has 0 saturated heterocycles. The summed E-state index contributed by atoms with van der Waals surface area (Å²) in [5, 5.41) is 22.6. The van der Waals surface area contributed by atoms with Crippen LogP contribution in [-0.4, -0.2) is 39.3 Å². The van der Waals surface area contributed by atoms with Crippen LogP contribution in [0.5, 0.6) is 0 Å². The summed E-state index contributed by atoms with van der Waals surface area (Å²) in [6.45, 7) is 1.48. The van der Waals surface area contributed by atoms with E-state index in [2.05, 4.69) is 15.0 Å². The molecule has 1 atom stereocenters. The smallest absolute Gasteiger partial charge is 0.326 e. The predicted octanol–water partition coefficient (Wildman–Crippen LogP) is -0.359. The van der Waals surface area contributed by atoms with Gasteiger partial charge in [0.15, 0.2) is 0 Å². The first-order valence-corrected chi connectivity index (χ1v) is 4.58. The number of hydrogen-bond donors (Lipinski definition) is 3. The molecule has 1 aromatic heterocycles. The number of carboxylic acid groups (broad SMARTS) is 2. The molecule has 1 heterocycles. The number of carbonyl (C=O) groups excluding carboxylic acids is 1. The third-order valence-electron chi connectivity index (χ3n) is 1.98. The molecule has 92 valence electrons. The Kier molecular flexibility index (Phi) is 3.81. The van der Waals surface area contributed by atoms with Crippen molar-refractivity contribution in [3.05, 3.63) is 17.5 Å². The molecule has 0 aliphatic rings. The van der Waals surface area contributed by atoms with E-state index < -0.39 is 30.3 Å². The molecule has 0 radical (unpaired) electrons. The molecule has 0 saturated carbocycles. The maximum absolute atomic E-state index is 11.6. The van der Waals surface area contributed by atoms with Crippen molar-refractivity contribution in [2.45, 2.75) is 19.4 Å². The lowest BCUT2D eigenvalue weighted by molar-refractivity contribution is -0.145. The van der Waals surface area contributed by atoms with Crippen molar-refractivity contribution in [3.8, 4) is 0 Å². The second-order valence-electron chi connectivity index (χ2n) is 3.26. The monoisotopic (exact) mass is 242 g/mol. The van der Waals surface area contributed by atoms with Crippen LogP contribution in [0.3, 0.4) is 0 Å². The molecule has 8 nitrogen and oxygen atoms in total. The summed E-state index contributed by atoms with van der Waals surface area (Å²) in [4.78, 5) is 32.7. The molecule has 1 rings (SSSR count). The van der Waals surface area contributed by atoms with Gasteiger partial charge in [0.2, 0.25) is 0 Å². The maximum atomic E-state index is 11.6. The standard InChI is InChI=1S/C9H10N2O6/c1-4-5(3-10-17-4)8(14)11-6(9(15)16)2-7(12)13/h3,6H,2H2,1H3,(H,11,14)(H,12,13)(H,15,16)/t6-/m0/s1. The van der Waals surface area contributed by atoms with Crippen LogP contribution in [0.25, 0.3) is 0 Å². The van der Waals surface area contributed by atoms with Gasteiger partial charge in [0.25, 0.3) is 5.91 Å². The summed E-state index contributed by atoms with van der Waals surface area (Å²) in [7, 11) is 0. The second kappa shape index (κ2) is 5.10. The number of amides is 1. The number of aromatic nitrogens is 1. The maximum Gasteiger partial charge on any atom is 0.326 e. The fourth-order valence-electron chi connectivity index (χ4n) is 1.13. The van der Waals surface area contributed by atoms with E-state index in [1.807, 2.05) is 0 Å². The van der Waals surface area contributed by atoms with E-state index in [0.717, 1.165) is 6.20 Å². The Bertz CT molecular complexity index is 452. The van der Waals surface area contributed by atoms with Crippen molar-refractivity contribution in [2.75, 3.05) is 0 Å². The molecule has 1 aromatic rings. The Morgan fingerprint density at radius 3 is 2.53 bits per heavy atom. The van der Waals surface area contributed by atoms with Gasteiger partial charge in [-0.05, 0) is 6.92 Å². The van der Waals surface area contributed by atoms with Crippen LogP contribution >= 0.6 is 0 Å². The van der Waals surface area contributed by atoms with Crippen LogP contribution in [0, 0.1) is 6.92 Å². The Balaban J connectivity index is 2.74. The molecule has 17 heavy (non-hydrogen) atoms. The number of nitrogens with one attached hydrogen (secondary N) is 1. The largest absolute Gasteiger partial charge is 0.481 e. The van der Waals surface area contributed by atoms with Crippen LogP contribution in [0.15, 0.2) is 10.7 Å². The van der Waals surface area contributed by atoms with Gasteiger partial charge in [-0.3, -0.25) is 9.59 Å². The minimum atomic E-state index is -1.49. The molecule has 0 aliphatic heterocycles. The lowest BCUT2D eigenvalue weighted by Gasteiger charge is -2.11. The van der Waals surface area contributed by atoms with Crippen LogP contribution in [0.2, 0.25) is 0 Å². The van der Waals surface area contributed by atoms with E-state index >= 15 is 0 Å². The summed E-state index contributed by atoms with van der Waals surface area (Å²) in [5.41, 5.74) is 0.0710. The van der Waals surface area contributed by atoms with Crippen molar-refractivity contribution >= 4 is 17.8 Å². The first kappa shape index (κ1) is 12.7. The molecular formula is C9H10N2O6. The number of aliphatic carboxylic acids is 2. The summed E-state index contributed by atoms with van der Waals surface area (Å²) in [6, 6.07) is -1.49. The van der Waals surface area contributed by atoms with Crippen molar-refractivity contribution < 1.29 is 29.1 Å². The first-order valence-electron chi connectivity index (χ1n) is 4.58. The Hall–Kier alpha value is -2.38. The molecule has 8 heteroatoms. The van der Waals surface area contributed by atoms with Gasteiger partial charge in [-0.25, -0.2) is 4.79 Å². The predicted molar refractivity (Wildman–Crippen MR) is 52.4 cm³/mol. The Morgan fingerprint density at radius 2 is 2.12 bits per heavy atom. The van der Waals surface area contributed by atoms with Crippen molar-refractivity contribution in [1.82, 2.24) is 10.5 Å². The van der Waals surface area contributed by atoms with Gasteiger partial charge in [0.05, 0.1) is 12.6 Å². The first-order chi connectivity index (χ1) is 7.91. The lowest BCUT2D eigenvalue weighted by atomic mass is 10.2. The zero-order valence-corrected chi connectivity index (χ0v) is 8.84. The fraction of sp³-hybridized carbons (Fsp3) is 0.333. The molecule has 0 aliphatic carbocycles. The highest BCUT2D eigenvalue weighted by Crippen LogP contribution is 2.06. The zero-order valence-electron chi connectivity index (χ0n) is 8.84. The highest BCUT2D eigenvalue weighted by Gasteiger charge is 2.25. The molecule has 1 amide bonds. The lowest BCUT2D eigenvalue weighted by Crippen LogP contribution is -2.42. The average molecular weight is 242 g/mol. The third kappa shape index (κ3) is 3.30. The van der Waals surface area contributed by atoms with E-state index in [0.29, 0.717) is 0 Å². The number of rotatable bonds is 5. The fourth-order valence-corrected chi connectivity index (χ4v) is 1.13. The number of hydrogen-bond acceptors (Lipinski definition) is 5. The summed E-state index contributed by atoms with van der Waals surface area (Å²) in [6.07, 6.45) is 0.426. The summed E-state index contributed by atoms with van der Waals surface area (Å²) < 4.78 is 4.63. The van der Waals surface area contributed by atoms with Crippen LogP contribution in [0.4, 0.5) is 0 Å². The topological polar surface area (TPSA) is 130 Å². The van der Waals surface area contributed by atoms with E-state index in [9.17, 15) is 14.4 Å². The highest BCUT2D eigenvalue weighted by molar-refractivity contribution is 5.97. The number of aryl methyl sites for hydroxylation is 1. The van der Waals surface area contributed by atoms with Gasteiger partial charge in [-0.2, -0.15) is 0 Å². The van der Waals surface area contributed by atoms with Gasteiger partial charge in [-0.15, -0.1) is 0 Å². The molecule has 0 bridgehead atoms. The van der Waals surface area contributed by atoms with Crippen molar-refractivity contribution in [3.63, 3.8) is 0 Å². The van der Waals surface area contributed by atoms with Gasteiger partial charge in [0.1, 0.15) is 17.4 Å². The average Bonchev–Trinajstić information content (AvgIpc) is 2.62. The quantitative estimate of drug-likeness (QED) is 0.642. The van der Waals surface area contributed by atoms with Gasteiger partial charge in [-0.1, -0.05) is 5.16 Å². The van der Waals surface area contributed by atoms with Crippen LogP contribution in [-0.2, 0) is 9.59 Å². The normalized spacial score (nSPS) is 11.8. The van der Waals surface area contributed by atoms with Gasteiger partial charge < -0.3 is 20.1 Å². The number of carbonyl (C=O) groups is 3. The molecule has 0 fully saturated rings. The summed E-state index contributed by atoms with van der Waals surface area (Å²) in [5.74, 6) is -3.26. The van der Waals surface area contributed by atoms with E-state index in [-0.39, 0.29) is 11.3 Å². The minimum Gasteiger partial charge on any atom is -0.481 e. The van der Waals surface area contributed by atoms with Crippen LogP contribution in [0.1, 0.15) is 22.5 Å². The van der Waals surface area contributed by atoms with Gasteiger partial charge in [0, 0.05) is 0 Å². The van der Waals surface area contributed by atoms with E-state index in [4.69, 9.17) is 10.2 Å². The SMILES string of the molecule is Cc1oncc1C(=O)N[C@@H](CC(=O)O)C(=O)O. The minimum absolute atomic E-state index is 0.0710. The third-order valence-corrected chi connectivity index (χ3v) is 1.98. The molecule has 0 unspecified atom stereocenters. The number of nitrogens with zero attached hydrogens (tertiary/aromatic N) is 1. The Morgan fingerprint density at radius 1 is 1.47 bits per heavy atom. The van der Waals surface area contributed by atoms with Crippen molar-refractivity contribution in [1.29, 1.82) is 0 Å². The summed E-state index contributed by atoms with van der Waals surface area (Å²) >= 11 is 0. The van der Waals surface area contributed by atoms with E-state index in [1.54, 1.807) is 0 Å². The van der Waals surface area contributed by atoms with Crippen molar-refractivity contribution in [2.24, 2.45) is 0 Å². The zero-order chi connectivity index (χ0) is 13.0. The van der Waals surface area contributed by atoms with Gasteiger partial charge >= 0.3 is 11.9 Å². The molecule has 0 spiro atoms. The molecular weight excluding hydrogens is 232 g/mol.